The fraction of sp³-hybridized carbons (Fsp3) is 0.143. The van der Waals surface area contributed by atoms with Crippen LogP contribution in [-0.2, 0) is 12.7 Å². The number of nitro benzene ring substituents is 1. The SMILES string of the molecule is O=[N+]([O-])c1ccc(NCc2ccc(O)c(F)c2)cc1C(F)(F)F. The van der Waals surface area contributed by atoms with Crippen LogP contribution in [0.4, 0.5) is 28.9 Å². The summed E-state index contributed by atoms with van der Waals surface area (Å²) in [6.45, 7) is -0.0215. The van der Waals surface area contributed by atoms with E-state index in [1.807, 2.05) is 0 Å². The minimum atomic E-state index is -4.87. The van der Waals surface area contributed by atoms with Crippen molar-refractivity contribution in [2.24, 2.45) is 0 Å². The predicted molar refractivity (Wildman–Crippen MR) is 73.5 cm³/mol. The summed E-state index contributed by atoms with van der Waals surface area (Å²) in [4.78, 5) is 9.54. The van der Waals surface area contributed by atoms with E-state index in [2.05, 4.69) is 5.32 Å². The molecule has 0 saturated carbocycles. The van der Waals surface area contributed by atoms with E-state index in [-0.39, 0.29) is 12.2 Å². The zero-order valence-corrected chi connectivity index (χ0v) is 11.4. The summed E-state index contributed by atoms with van der Waals surface area (Å²) in [5.74, 6) is -1.40. The third kappa shape index (κ3) is 3.87. The second kappa shape index (κ2) is 6.11. The fourth-order valence-electron chi connectivity index (χ4n) is 1.90. The van der Waals surface area contributed by atoms with Crippen LogP contribution >= 0.6 is 0 Å². The number of anilines is 1. The van der Waals surface area contributed by atoms with Gasteiger partial charge in [-0.15, -0.1) is 0 Å². The molecule has 0 amide bonds. The van der Waals surface area contributed by atoms with Gasteiger partial charge in [-0.05, 0) is 29.8 Å². The van der Waals surface area contributed by atoms with E-state index in [9.17, 15) is 27.7 Å². The van der Waals surface area contributed by atoms with E-state index in [1.54, 1.807) is 0 Å². The molecule has 0 aliphatic carbocycles. The third-order valence-corrected chi connectivity index (χ3v) is 3.01. The van der Waals surface area contributed by atoms with Crippen LogP contribution in [-0.4, -0.2) is 10.0 Å². The van der Waals surface area contributed by atoms with Crippen LogP contribution in [0.15, 0.2) is 36.4 Å². The molecule has 0 fully saturated rings. The Morgan fingerprint density at radius 1 is 1.17 bits per heavy atom. The average Bonchev–Trinajstić information content (AvgIpc) is 2.47. The Morgan fingerprint density at radius 2 is 1.87 bits per heavy atom. The number of phenolic OH excluding ortho intramolecular Hbond substituents is 1. The molecule has 0 aromatic heterocycles. The number of aromatic hydroxyl groups is 1. The Labute approximate surface area is 127 Å². The molecule has 0 aliphatic heterocycles. The van der Waals surface area contributed by atoms with E-state index in [1.165, 1.54) is 6.07 Å². The highest BCUT2D eigenvalue weighted by Crippen LogP contribution is 2.37. The minimum absolute atomic E-state index is 0.00333. The predicted octanol–water partition coefficient (Wildman–Crippen LogP) is 4.07. The van der Waals surface area contributed by atoms with Crippen LogP contribution in [0, 0.1) is 15.9 Å². The quantitative estimate of drug-likeness (QED) is 0.503. The topological polar surface area (TPSA) is 75.4 Å². The third-order valence-electron chi connectivity index (χ3n) is 3.01. The molecule has 122 valence electrons. The molecule has 0 bridgehead atoms. The molecule has 0 spiro atoms. The maximum atomic E-state index is 13.2. The van der Waals surface area contributed by atoms with Crippen LogP contribution in [0.3, 0.4) is 0 Å². The van der Waals surface area contributed by atoms with Crippen molar-refractivity contribution in [1.29, 1.82) is 0 Å². The normalized spacial score (nSPS) is 11.3. The lowest BCUT2D eigenvalue weighted by atomic mass is 10.1. The number of benzene rings is 2. The monoisotopic (exact) mass is 330 g/mol. The van der Waals surface area contributed by atoms with Gasteiger partial charge in [-0.25, -0.2) is 4.39 Å². The molecule has 23 heavy (non-hydrogen) atoms. The van der Waals surface area contributed by atoms with Crippen LogP contribution in [0.25, 0.3) is 0 Å². The molecule has 2 N–H and O–H groups in total. The van der Waals surface area contributed by atoms with Crippen LogP contribution in [0.5, 0.6) is 5.75 Å². The summed E-state index contributed by atoms with van der Waals surface area (Å²) in [6.07, 6.45) is -4.87. The van der Waals surface area contributed by atoms with E-state index in [4.69, 9.17) is 5.11 Å². The van der Waals surface area contributed by atoms with Crippen molar-refractivity contribution in [3.63, 3.8) is 0 Å². The highest BCUT2D eigenvalue weighted by molar-refractivity contribution is 5.55. The maximum Gasteiger partial charge on any atom is 0.423 e. The van der Waals surface area contributed by atoms with Crippen molar-refractivity contribution < 1.29 is 27.6 Å². The van der Waals surface area contributed by atoms with E-state index in [0.29, 0.717) is 11.6 Å². The average molecular weight is 330 g/mol. The molecule has 0 saturated heterocycles. The molecule has 9 heteroatoms. The lowest BCUT2D eigenvalue weighted by molar-refractivity contribution is -0.388. The lowest BCUT2D eigenvalue weighted by Crippen LogP contribution is -2.10. The smallest absolute Gasteiger partial charge is 0.423 e. The van der Waals surface area contributed by atoms with Crippen molar-refractivity contribution >= 4 is 11.4 Å². The number of hydrogen-bond donors (Lipinski definition) is 2. The number of rotatable bonds is 4. The molecule has 0 atom stereocenters. The second-order valence-corrected chi connectivity index (χ2v) is 4.63. The summed E-state index contributed by atoms with van der Waals surface area (Å²) < 4.78 is 51.7. The van der Waals surface area contributed by atoms with Gasteiger partial charge in [0.15, 0.2) is 11.6 Å². The standard InChI is InChI=1S/C14H10F4N2O3/c15-11-5-8(1-4-13(11)21)7-19-9-2-3-12(20(22)23)10(6-9)14(16,17)18/h1-6,19,21H,7H2. The number of hydrogen-bond acceptors (Lipinski definition) is 4. The van der Waals surface area contributed by atoms with E-state index >= 15 is 0 Å². The van der Waals surface area contributed by atoms with Gasteiger partial charge >= 0.3 is 6.18 Å². The van der Waals surface area contributed by atoms with Crippen LogP contribution < -0.4 is 5.32 Å². The molecule has 0 unspecified atom stereocenters. The molecule has 2 aromatic carbocycles. The number of nitrogens with zero attached hydrogens (tertiary/aromatic N) is 1. The molecular formula is C14H10F4N2O3. The van der Waals surface area contributed by atoms with Gasteiger partial charge in [-0.3, -0.25) is 10.1 Å². The van der Waals surface area contributed by atoms with E-state index < -0.39 is 33.9 Å². The molecule has 2 rings (SSSR count). The number of nitrogens with one attached hydrogen (secondary N) is 1. The van der Waals surface area contributed by atoms with Gasteiger partial charge in [0.25, 0.3) is 5.69 Å². The lowest BCUT2D eigenvalue weighted by Gasteiger charge is -2.11. The summed E-state index contributed by atoms with van der Waals surface area (Å²) in [5.41, 5.74) is -2.04. The van der Waals surface area contributed by atoms with Gasteiger partial charge in [-0.2, -0.15) is 13.2 Å². The van der Waals surface area contributed by atoms with Crippen LogP contribution in [0.1, 0.15) is 11.1 Å². The summed E-state index contributed by atoms with van der Waals surface area (Å²) in [6, 6.07) is 6.03. The van der Waals surface area contributed by atoms with Crippen molar-refractivity contribution in [3.8, 4) is 5.75 Å². The number of alkyl halides is 3. The van der Waals surface area contributed by atoms with Crippen molar-refractivity contribution in [2.45, 2.75) is 12.7 Å². The molecule has 2 aromatic rings. The van der Waals surface area contributed by atoms with Gasteiger partial charge in [0.05, 0.1) is 4.92 Å². The van der Waals surface area contributed by atoms with E-state index in [0.717, 1.165) is 24.3 Å². The van der Waals surface area contributed by atoms with Gasteiger partial charge in [-0.1, -0.05) is 6.07 Å². The largest absolute Gasteiger partial charge is 0.505 e. The Morgan fingerprint density at radius 3 is 2.43 bits per heavy atom. The minimum Gasteiger partial charge on any atom is -0.505 e. The zero-order chi connectivity index (χ0) is 17.2. The number of halogens is 4. The van der Waals surface area contributed by atoms with Gasteiger partial charge in [0.1, 0.15) is 5.56 Å². The first-order chi connectivity index (χ1) is 10.7. The first-order valence-electron chi connectivity index (χ1n) is 6.25. The van der Waals surface area contributed by atoms with Crippen molar-refractivity contribution in [3.05, 3.63) is 63.5 Å². The highest BCUT2D eigenvalue weighted by atomic mass is 19.4. The Bertz CT molecular complexity index is 747. The number of nitro groups is 1. The fourth-order valence-corrected chi connectivity index (χ4v) is 1.90. The summed E-state index contributed by atoms with van der Waals surface area (Å²) >= 11 is 0. The maximum absolute atomic E-state index is 13.2. The molecule has 5 nitrogen and oxygen atoms in total. The van der Waals surface area contributed by atoms with Crippen molar-refractivity contribution in [1.82, 2.24) is 0 Å². The molecule has 0 aliphatic rings. The Hall–Kier alpha value is -2.84. The highest BCUT2D eigenvalue weighted by Gasteiger charge is 2.38. The molecular weight excluding hydrogens is 320 g/mol. The molecule has 0 radical (unpaired) electrons. The summed E-state index contributed by atoms with van der Waals surface area (Å²) in [7, 11) is 0. The summed E-state index contributed by atoms with van der Waals surface area (Å²) in [5, 5.41) is 22.3. The van der Waals surface area contributed by atoms with Gasteiger partial charge in [0.2, 0.25) is 0 Å². The van der Waals surface area contributed by atoms with Crippen LogP contribution in [0.2, 0.25) is 0 Å². The Kier molecular flexibility index (Phi) is 4.39. The van der Waals surface area contributed by atoms with Crippen molar-refractivity contribution in [2.75, 3.05) is 5.32 Å². The first kappa shape index (κ1) is 16.5. The zero-order valence-electron chi connectivity index (χ0n) is 11.4. The molecule has 0 heterocycles. The van der Waals surface area contributed by atoms with Gasteiger partial charge < -0.3 is 10.4 Å². The second-order valence-electron chi connectivity index (χ2n) is 4.63. The van der Waals surface area contributed by atoms with Gasteiger partial charge in [0, 0.05) is 18.3 Å². The first-order valence-corrected chi connectivity index (χ1v) is 6.25. The Balaban J connectivity index is 2.23. The number of phenols is 1.